The fourth-order valence-electron chi connectivity index (χ4n) is 1.87. The van der Waals surface area contributed by atoms with Crippen LogP contribution in [0.15, 0.2) is 27.5 Å². The van der Waals surface area contributed by atoms with Crippen molar-refractivity contribution in [1.82, 2.24) is 0 Å². The molecule has 0 unspecified atom stereocenters. The molecule has 1 aromatic heterocycles. The molecular formula is C13H14O3S. The highest BCUT2D eigenvalue weighted by molar-refractivity contribution is 7.98. The first-order chi connectivity index (χ1) is 8.15. The Morgan fingerprint density at radius 2 is 2.24 bits per heavy atom. The molecule has 1 aromatic carbocycles. The fraction of sp³-hybridized carbons (Fsp3) is 0.308. The quantitative estimate of drug-likeness (QED) is 0.845. The summed E-state index contributed by atoms with van der Waals surface area (Å²) >= 11 is 1.54. The minimum atomic E-state index is -0.866. The normalized spacial score (nSPS) is 10.9. The van der Waals surface area contributed by atoms with E-state index < -0.39 is 5.97 Å². The molecule has 17 heavy (non-hydrogen) atoms. The Balaban J connectivity index is 2.58. The number of benzene rings is 1. The van der Waals surface area contributed by atoms with E-state index in [-0.39, 0.29) is 6.42 Å². The molecular weight excluding hydrogens is 236 g/mol. The number of hydrogen-bond acceptors (Lipinski definition) is 3. The molecule has 90 valence electrons. The molecule has 0 aliphatic carbocycles. The lowest BCUT2D eigenvalue weighted by Crippen LogP contribution is -1.99. The Bertz CT molecular complexity index is 557. The van der Waals surface area contributed by atoms with Crippen LogP contribution in [0.3, 0.4) is 0 Å². The second-order valence-electron chi connectivity index (χ2n) is 3.81. The van der Waals surface area contributed by atoms with Crippen molar-refractivity contribution in [1.29, 1.82) is 0 Å². The van der Waals surface area contributed by atoms with Gasteiger partial charge in [-0.15, -0.1) is 11.8 Å². The van der Waals surface area contributed by atoms with Crippen LogP contribution in [0.5, 0.6) is 0 Å². The number of hydrogen-bond donors (Lipinski definition) is 1. The second-order valence-corrected chi connectivity index (χ2v) is 4.63. The van der Waals surface area contributed by atoms with Gasteiger partial charge in [0.25, 0.3) is 0 Å². The largest absolute Gasteiger partial charge is 0.481 e. The van der Waals surface area contributed by atoms with Gasteiger partial charge in [-0.1, -0.05) is 13.0 Å². The number of carbonyl (C=O) groups is 1. The third-order valence-corrected chi connectivity index (χ3v) is 3.56. The number of furan rings is 1. The molecule has 0 atom stereocenters. The summed E-state index contributed by atoms with van der Waals surface area (Å²) in [6, 6.07) is 6.01. The van der Waals surface area contributed by atoms with Gasteiger partial charge in [-0.05, 0) is 30.4 Å². The first-order valence-corrected chi connectivity index (χ1v) is 6.68. The Kier molecular flexibility index (Phi) is 3.43. The number of thioether (sulfide) groups is 1. The van der Waals surface area contributed by atoms with E-state index in [1.54, 1.807) is 0 Å². The van der Waals surface area contributed by atoms with E-state index in [4.69, 9.17) is 9.52 Å². The van der Waals surface area contributed by atoms with Crippen LogP contribution < -0.4 is 0 Å². The molecule has 0 spiro atoms. The first kappa shape index (κ1) is 12.0. The molecule has 1 N–H and O–H groups in total. The summed E-state index contributed by atoms with van der Waals surface area (Å²) in [6.45, 7) is 2.10. The van der Waals surface area contributed by atoms with Crippen molar-refractivity contribution >= 4 is 28.7 Å². The molecule has 1 heterocycles. The van der Waals surface area contributed by atoms with E-state index in [2.05, 4.69) is 13.0 Å². The Morgan fingerprint density at radius 3 is 2.82 bits per heavy atom. The molecule has 3 nitrogen and oxygen atoms in total. The lowest BCUT2D eigenvalue weighted by molar-refractivity contribution is -0.136. The highest BCUT2D eigenvalue weighted by atomic mass is 32.2. The molecule has 0 saturated heterocycles. The van der Waals surface area contributed by atoms with Gasteiger partial charge in [-0.25, -0.2) is 0 Å². The van der Waals surface area contributed by atoms with Crippen LogP contribution in [0.1, 0.15) is 18.2 Å². The van der Waals surface area contributed by atoms with Crippen molar-refractivity contribution in [3.63, 3.8) is 0 Å². The molecule has 2 rings (SSSR count). The number of carboxylic acids is 1. The Hall–Kier alpha value is -1.42. The van der Waals surface area contributed by atoms with Gasteiger partial charge in [-0.3, -0.25) is 4.79 Å². The molecule has 0 aliphatic rings. The third kappa shape index (κ3) is 2.31. The maximum atomic E-state index is 10.8. The van der Waals surface area contributed by atoms with Crippen LogP contribution in [0.4, 0.5) is 0 Å². The van der Waals surface area contributed by atoms with Gasteiger partial charge >= 0.3 is 5.97 Å². The fourth-order valence-corrected chi connectivity index (χ4v) is 2.59. The number of carboxylic acid groups (broad SMARTS) is 1. The third-order valence-electron chi connectivity index (χ3n) is 2.70. The maximum absolute atomic E-state index is 10.8. The summed E-state index contributed by atoms with van der Waals surface area (Å²) in [5.74, 6) is -0.316. The van der Waals surface area contributed by atoms with Crippen LogP contribution in [-0.4, -0.2) is 17.3 Å². The second kappa shape index (κ2) is 4.84. The van der Waals surface area contributed by atoms with E-state index in [1.807, 2.05) is 18.4 Å². The molecule has 0 fully saturated rings. The molecule has 0 aliphatic heterocycles. The molecule has 0 bridgehead atoms. The van der Waals surface area contributed by atoms with Crippen LogP contribution >= 0.6 is 11.8 Å². The van der Waals surface area contributed by atoms with E-state index in [0.29, 0.717) is 5.76 Å². The number of aliphatic carboxylic acids is 1. The average Bonchev–Trinajstić information content (AvgIpc) is 2.63. The van der Waals surface area contributed by atoms with E-state index >= 15 is 0 Å². The Labute approximate surface area is 104 Å². The predicted molar refractivity (Wildman–Crippen MR) is 68.7 cm³/mol. The summed E-state index contributed by atoms with van der Waals surface area (Å²) in [5, 5.41) is 9.86. The van der Waals surface area contributed by atoms with E-state index in [0.717, 1.165) is 22.3 Å². The predicted octanol–water partition coefficient (Wildman–Crippen LogP) is 3.34. The minimum Gasteiger partial charge on any atom is -0.481 e. The van der Waals surface area contributed by atoms with Crippen LogP contribution in [0, 0.1) is 0 Å². The average molecular weight is 250 g/mol. The summed E-state index contributed by atoms with van der Waals surface area (Å²) in [7, 11) is 0. The van der Waals surface area contributed by atoms with Gasteiger partial charge in [0.15, 0.2) is 0 Å². The number of fused-ring (bicyclic) bond motifs is 1. The first-order valence-electron chi connectivity index (χ1n) is 5.45. The maximum Gasteiger partial charge on any atom is 0.311 e. The molecule has 4 heteroatoms. The van der Waals surface area contributed by atoms with Gasteiger partial charge < -0.3 is 9.52 Å². The summed E-state index contributed by atoms with van der Waals surface area (Å²) in [6.07, 6.45) is 2.84. The van der Waals surface area contributed by atoms with Crippen molar-refractivity contribution < 1.29 is 14.3 Å². The topological polar surface area (TPSA) is 50.4 Å². The molecule has 2 aromatic rings. The van der Waals surface area contributed by atoms with Crippen molar-refractivity contribution in [2.75, 3.05) is 6.26 Å². The number of aryl methyl sites for hydroxylation is 1. The standard InChI is InChI=1S/C13H14O3S/c1-3-8-4-5-10-9(6-8)13(17-2)11(16-10)7-12(14)15/h4-6H,3,7H2,1-2H3,(H,14,15). The van der Waals surface area contributed by atoms with Gasteiger partial charge in [-0.2, -0.15) is 0 Å². The van der Waals surface area contributed by atoms with Crippen LogP contribution in [0.2, 0.25) is 0 Å². The zero-order chi connectivity index (χ0) is 12.4. The number of rotatable bonds is 4. The van der Waals surface area contributed by atoms with Crippen LogP contribution in [0.25, 0.3) is 11.0 Å². The van der Waals surface area contributed by atoms with E-state index in [9.17, 15) is 4.79 Å². The molecule has 0 radical (unpaired) electrons. The highest BCUT2D eigenvalue weighted by Crippen LogP contribution is 2.34. The summed E-state index contributed by atoms with van der Waals surface area (Å²) in [5.41, 5.74) is 2.00. The molecule has 0 saturated carbocycles. The van der Waals surface area contributed by atoms with Gasteiger partial charge in [0, 0.05) is 5.39 Å². The smallest absolute Gasteiger partial charge is 0.311 e. The lowest BCUT2D eigenvalue weighted by Gasteiger charge is -1.97. The van der Waals surface area contributed by atoms with Gasteiger partial charge in [0.2, 0.25) is 0 Å². The SMILES string of the molecule is CCc1ccc2oc(CC(=O)O)c(SC)c2c1. The highest BCUT2D eigenvalue weighted by Gasteiger charge is 2.16. The zero-order valence-electron chi connectivity index (χ0n) is 9.82. The summed E-state index contributed by atoms with van der Waals surface area (Å²) < 4.78 is 5.60. The van der Waals surface area contributed by atoms with Crippen LogP contribution in [-0.2, 0) is 17.6 Å². The zero-order valence-corrected chi connectivity index (χ0v) is 10.6. The van der Waals surface area contributed by atoms with Crippen molar-refractivity contribution in [3.8, 4) is 0 Å². The van der Waals surface area contributed by atoms with Crippen molar-refractivity contribution in [3.05, 3.63) is 29.5 Å². The molecule has 0 amide bonds. The van der Waals surface area contributed by atoms with Gasteiger partial charge in [0.1, 0.15) is 17.8 Å². The minimum absolute atomic E-state index is 0.0632. The lowest BCUT2D eigenvalue weighted by atomic mass is 10.1. The van der Waals surface area contributed by atoms with Gasteiger partial charge in [0.05, 0.1) is 4.90 Å². The van der Waals surface area contributed by atoms with E-state index in [1.165, 1.54) is 17.3 Å². The van der Waals surface area contributed by atoms with Crippen molar-refractivity contribution in [2.24, 2.45) is 0 Å². The monoisotopic (exact) mass is 250 g/mol. The Morgan fingerprint density at radius 1 is 1.47 bits per heavy atom. The summed E-state index contributed by atoms with van der Waals surface area (Å²) in [4.78, 5) is 11.7. The van der Waals surface area contributed by atoms with Crippen molar-refractivity contribution in [2.45, 2.75) is 24.7 Å².